The van der Waals surface area contributed by atoms with Crippen LogP contribution in [0.5, 0.6) is 11.5 Å². The standard InChI is InChI=1S/C39H46N4O8/c1-6-24-21-39(24,36(46)47)42-34(44)31-19-27(22-43(31)35(45)33(38(2,3)4)41-37(48)51-25-14-10-11-15-25)50-32-20-29(23-12-8-7-9-13-23)40-30-18-26(49-5)16-17-28(30)32/h6-9,12-13,16-18,20,24-25,27,31,33H,1,10-11,14-15,19,21-22H2,2-5H3,(H,41,48)(H,42,44)(H,46,47)/t24-,27+,31-,33?,39-/m0/s1. The summed E-state index contributed by atoms with van der Waals surface area (Å²) >= 11 is 0. The SMILES string of the molecule is C=C[C@H]1C[C@@]1(NC(=O)[C@@H]1C[C@@H](Oc2cc(-c3ccccc3)nc3cc(OC)ccc23)CN1C(=O)C(NC(=O)OC1CCCC1)C(C)(C)C)C(=O)O. The van der Waals surface area contributed by atoms with E-state index < -0.39 is 58.9 Å². The molecule has 3 N–H and O–H groups in total. The van der Waals surface area contributed by atoms with Gasteiger partial charge < -0.3 is 34.9 Å². The second-order valence-corrected chi connectivity index (χ2v) is 14.8. The van der Waals surface area contributed by atoms with Crippen LogP contribution in [0.25, 0.3) is 22.2 Å². The number of rotatable bonds is 11. The highest BCUT2D eigenvalue weighted by Crippen LogP contribution is 2.45. The second-order valence-electron chi connectivity index (χ2n) is 14.8. The first-order valence-corrected chi connectivity index (χ1v) is 17.5. The molecule has 2 heterocycles. The number of nitrogens with zero attached hydrogens (tertiary/aromatic N) is 2. The molecule has 1 aliphatic heterocycles. The molecule has 5 atom stereocenters. The number of aliphatic carboxylic acids is 1. The molecular weight excluding hydrogens is 652 g/mol. The van der Waals surface area contributed by atoms with Crippen LogP contribution in [0.4, 0.5) is 4.79 Å². The van der Waals surface area contributed by atoms with Gasteiger partial charge in [0.2, 0.25) is 11.8 Å². The van der Waals surface area contributed by atoms with E-state index in [0.29, 0.717) is 28.1 Å². The molecule has 2 saturated carbocycles. The molecule has 12 heteroatoms. The number of nitrogens with one attached hydrogen (secondary N) is 2. The topological polar surface area (TPSA) is 156 Å². The van der Waals surface area contributed by atoms with E-state index in [1.165, 1.54) is 11.0 Å². The fourth-order valence-corrected chi connectivity index (χ4v) is 7.15. The number of carboxylic acid groups (broad SMARTS) is 1. The predicted molar refractivity (Wildman–Crippen MR) is 190 cm³/mol. The Kier molecular flexibility index (Phi) is 9.97. The first-order valence-electron chi connectivity index (χ1n) is 17.5. The Balaban J connectivity index is 1.32. The van der Waals surface area contributed by atoms with Crippen molar-refractivity contribution in [3.63, 3.8) is 0 Å². The van der Waals surface area contributed by atoms with Crippen LogP contribution >= 0.6 is 0 Å². The number of hydrogen-bond acceptors (Lipinski definition) is 8. The lowest BCUT2D eigenvalue weighted by atomic mass is 9.85. The third-order valence-corrected chi connectivity index (χ3v) is 10.2. The lowest BCUT2D eigenvalue weighted by Gasteiger charge is -2.35. The van der Waals surface area contributed by atoms with Crippen LogP contribution < -0.4 is 20.1 Å². The largest absolute Gasteiger partial charge is 0.497 e. The average Bonchev–Trinajstić information content (AvgIpc) is 3.37. The summed E-state index contributed by atoms with van der Waals surface area (Å²) in [5, 5.41) is 16.3. The fourth-order valence-electron chi connectivity index (χ4n) is 7.15. The third kappa shape index (κ3) is 7.50. The Morgan fingerprint density at radius 1 is 1.06 bits per heavy atom. The van der Waals surface area contributed by atoms with Gasteiger partial charge in [-0.25, -0.2) is 14.6 Å². The highest BCUT2D eigenvalue weighted by Gasteiger charge is 2.61. The number of hydrogen-bond donors (Lipinski definition) is 3. The van der Waals surface area contributed by atoms with Crippen LogP contribution in [0.3, 0.4) is 0 Å². The molecule has 3 aromatic rings. The van der Waals surface area contributed by atoms with Crippen molar-refractivity contribution in [2.75, 3.05) is 13.7 Å². The fraction of sp³-hybridized carbons (Fsp3) is 0.462. The van der Waals surface area contributed by atoms with E-state index in [4.69, 9.17) is 19.2 Å². The maximum absolute atomic E-state index is 14.5. The summed E-state index contributed by atoms with van der Waals surface area (Å²) in [6, 6.07) is 14.8. The number of carbonyl (C=O) groups excluding carboxylic acids is 3. The van der Waals surface area contributed by atoms with Gasteiger partial charge in [-0.2, -0.15) is 0 Å². The van der Waals surface area contributed by atoms with Crippen LogP contribution in [-0.2, 0) is 19.1 Å². The van der Waals surface area contributed by atoms with Gasteiger partial charge in [-0.05, 0) is 49.7 Å². The van der Waals surface area contributed by atoms with Gasteiger partial charge in [-0.1, -0.05) is 57.2 Å². The average molecular weight is 699 g/mol. The van der Waals surface area contributed by atoms with Gasteiger partial charge in [-0.15, -0.1) is 6.58 Å². The summed E-state index contributed by atoms with van der Waals surface area (Å²) in [7, 11) is 1.58. The van der Waals surface area contributed by atoms with Gasteiger partial charge in [0.05, 0.1) is 24.9 Å². The van der Waals surface area contributed by atoms with Crippen molar-refractivity contribution < 1.29 is 38.5 Å². The molecule has 51 heavy (non-hydrogen) atoms. The Morgan fingerprint density at radius 2 is 1.78 bits per heavy atom. The van der Waals surface area contributed by atoms with Crippen molar-refractivity contribution in [2.45, 2.75) is 89.1 Å². The quantitative estimate of drug-likeness (QED) is 0.221. The van der Waals surface area contributed by atoms with Crippen molar-refractivity contribution in [1.29, 1.82) is 0 Å². The molecule has 0 bridgehead atoms. The normalized spacial score (nSPS) is 23.7. The van der Waals surface area contributed by atoms with Crippen LogP contribution in [0.2, 0.25) is 0 Å². The number of alkyl carbamates (subject to hydrolysis) is 1. The molecule has 1 unspecified atom stereocenters. The molecule has 1 saturated heterocycles. The van der Waals surface area contributed by atoms with Gasteiger partial charge in [-0.3, -0.25) is 9.59 Å². The zero-order valence-corrected chi connectivity index (χ0v) is 29.5. The van der Waals surface area contributed by atoms with Crippen molar-refractivity contribution in [3.05, 3.63) is 67.3 Å². The van der Waals surface area contributed by atoms with Crippen LogP contribution in [0.1, 0.15) is 59.3 Å². The smallest absolute Gasteiger partial charge is 0.408 e. The summed E-state index contributed by atoms with van der Waals surface area (Å²) in [5.74, 6) is -1.59. The lowest BCUT2D eigenvalue weighted by Crippen LogP contribution is -2.59. The van der Waals surface area contributed by atoms with Crippen molar-refractivity contribution in [3.8, 4) is 22.8 Å². The molecule has 1 aromatic heterocycles. The number of amides is 3. The molecule has 0 spiro atoms. The number of carboxylic acids is 1. The van der Waals surface area contributed by atoms with Gasteiger partial charge in [0.25, 0.3) is 0 Å². The molecule has 6 rings (SSSR count). The Hall–Kier alpha value is -5.13. The molecule has 0 radical (unpaired) electrons. The van der Waals surface area contributed by atoms with Gasteiger partial charge in [0.1, 0.15) is 41.3 Å². The van der Waals surface area contributed by atoms with Crippen LogP contribution in [0.15, 0.2) is 67.3 Å². The molecule has 12 nitrogen and oxygen atoms in total. The predicted octanol–water partition coefficient (Wildman–Crippen LogP) is 5.49. The van der Waals surface area contributed by atoms with Crippen molar-refractivity contribution >= 4 is 34.8 Å². The molecule has 2 aromatic carbocycles. The van der Waals surface area contributed by atoms with E-state index in [1.807, 2.05) is 69.3 Å². The zero-order chi connectivity index (χ0) is 36.5. The minimum absolute atomic E-state index is 0.00839. The summed E-state index contributed by atoms with van der Waals surface area (Å²) in [4.78, 5) is 60.2. The maximum atomic E-state index is 14.5. The number of benzene rings is 2. The lowest BCUT2D eigenvalue weighted by molar-refractivity contribution is -0.146. The first kappa shape index (κ1) is 35.7. The molecule has 2 aliphatic carbocycles. The molecule has 270 valence electrons. The number of likely N-dealkylation sites (tertiary alicyclic amines) is 1. The highest BCUT2D eigenvalue weighted by molar-refractivity contribution is 5.96. The monoisotopic (exact) mass is 698 g/mol. The number of fused-ring (bicyclic) bond motifs is 1. The van der Waals surface area contributed by atoms with Crippen LogP contribution in [-0.4, -0.2) is 82.4 Å². The van der Waals surface area contributed by atoms with Gasteiger partial charge in [0.15, 0.2) is 0 Å². The van der Waals surface area contributed by atoms with E-state index in [-0.39, 0.29) is 25.5 Å². The highest BCUT2D eigenvalue weighted by atomic mass is 16.6. The van der Waals surface area contributed by atoms with E-state index in [9.17, 15) is 24.3 Å². The van der Waals surface area contributed by atoms with E-state index in [2.05, 4.69) is 17.2 Å². The van der Waals surface area contributed by atoms with E-state index in [0.717, 1.165) is 31.2 Å². The number of ether oxygens (including phenoxy) is 3. The van der Waals surface area contributed by atoms with Crippen molar-refractivity contribution in [2.24, 2.45) is 11.3 Å². The Labute approximate surface area is 297 Å². The third-order valence-electron chi connectivity index (χ3n) is 10.2. The number of methoxy groups -OCH3 is 1. The zero-order valence-electron chi connectivity index (χ0n) is 29.5. The number of aromatic nitrogens is 1. The molecular formula is C39H46N4O8. The first-order chi connectivity index (χ1) is 24.3. The number of pyridine rings is 1. The van der Waals surface area contributed by atoms with Gasteiger partial charge in [0, 0.05) is 35.4 Å². The maximum Gasteiger partial charge on any atom is 0.408 e. The number of carbonyl (C=O) groups is 4. The molecule has 3 aliphatic rings. The Morgan fingerprint density at radius 3 is 2.41 bits per heavy atom. The van der Waals surface area contributed by atoms with Crippen molar-refractivity contribution in [1.82, 2.24) is 20.5 Å². The summed E-state index contributed by atoms with van der Waals surface area (Å²) in [6.07, 6.45) is 3.73. The summed E-state index contributed by atoms with van der Waals surface area (Å²) in [6.45, 7) is 9.20. The Bertz CT molecular complexity index is 1820. The minimum atomic E-state index is -1.50. The van der Waals surface area contributed by atoms with Crippen LogP contribution in [0, 0.1) is 11.3 Å². The minimum Gasteiger partial charge on any atom is -0.497 e. The van der Waals surface area contributed by atoms with E-state index >= 15 is 0 Å². The second kappa shape index (κ2) is 14.2. The summed E-state index contributed by atoms with van der Waals surface area (Å²) in [5.41, 5.74) is -0.0855. The van der Waals surface area contributed by atoms with Gasteiger partial charge >= 0.3 is 12.1 Å². The molecule has 3 fully saturated rings. The van der Waals surface area contributed by atoms with E-state index in [1.54, 1.807) is 13.2 Å². The molecule has 3 amide bonds. The summed E-state index contributed by atoms with van der Waals surface area (Å²) < 4.78 is 17.8.